The molecule has 0 unspecified atom stereocenters. The topological polar surface area (TPSA) is 70.6 Å². The molecule has 3 N–H and O–H groups in total. The molecular weight excluding hydrogens is 244 g/mol. The van der Waals surface area contributed by atoms with Gasteiger partial charge >= 0.3 is 0 Å². The summed E-state index contributed by atoms with van der Waals surface area (Å²) in [6, 6.07) is 9.53. The van der Waals surface area contributed by atoms with Crippen LogP contribution >= 0.6 is 0 Å². The van der Waals surface area contributed by atoms with Crippen LogP contribution in [0.1, 0.15) is 5.56 Å². The fourth-order valence-electron chi connectivity index (χ4n) is 1.71. The lowest BCUT2D eigenvalue weighted by Crippen LogP contribution is -2.43. The number of carbonyl (C=O) groups excluding carboxylic acids is 1. The van der Waals surface area contributed by atoms with Gasteiger partial charge in [-0.25, -0.2) is 0 Å². The maximum absolute atomic E-state index is 11.6. The lowest BCUT2D eigenvalue weighted by Gasteiger charge is -2.16. The largest absolute Gasteiger partial charge is 0.394 e. The third-order valence-corrected chi connectivity index (χ3v) is 2.68. The highest BCUT2D eigenvalue weighted by Gasteiger charge is 2.11. The molecule has 0 radical (unpaired) electrons. The third kappa shape index (κ3) is 6.91. The van der Waals surface area contributed by atoms with Crippen molar-refractivity contribution in [3.63, 3.8) is 0 Å². The van der Waals surface area contributed by atoms with Gasteiger partial charge in [0.1, 0.15) is 0 Å². The summed E-state index contributed by atoms with van der Waals surface area (Å²) < 4.78 is 4.87. The molecule has 0 saturated carbocycles. The molecule has 1 atom stereocenters. The maximum Gasteiger partial charge on any atom is 0.234 e. The summed E-state index contributed by atoms with van der Waals surface area (Å²) in [5.74, 6) is -0.119. The monoisotopic (exact) mass is 266 g/mol. The molecule has 0 aromatic heterocycles. The number of nitrogens with one attached hydrogen (secondary N) is 2. The van der Waals surface area contributed by atoms with Crippen LogP contribution in [0.4, 0.5) is 0 Å². The minimum Gasteiger partial charge on any atom is -0.394 e. The van der Waals surface area contributed by atoms with E-state index in [-0.39, 0.29) is 25.1 Å². The van der Waals surface area contributed by atoms with Crippen LogP contribution in [-0.2, 0) is 16.0 Å². The van der Waals surface area contributed by atoms with Crippen LogP contribution < -0.4 is 10.6 Å². The van der Waals surface area contributed by atoms with Crippen molar-refractivity contribution in [3.8, 4) is 0 Å². The number of hydrogen-bond acceptors (Lipinski definition) is 4. The summed E-state index contributed by atoms with van der Waals surface area (Å²) in [5, 5.41) is 15.1. The summed E-state index contributed by atoms with van der Waals surface area (Å²) in [6.45, 7) is 1.36. The van der Waals surface area contributed by atoms with Gasteiger partial charge in [-0.05, 0) is 12.0 Å². The molecule has 1 amide bonds. The number of aliphatic hydroxyl groups is 1. The van der Waals surface area contributed by atoms with Gasteiger partial charge < -0.3 is 20.5 Å². The van der Waals surface area contributed by atoms with Crippen LogP contribution in [0.15, 0.2) is 30.3 Å². The Balaban J connectivity index is 2.29. The highest BCUT2D eigenvalue weighted by Crippen LogP contribution is 2.02. The Morgan fingerprint density at radius 2 is 2.11 bits per heavy atom. The second-order valence-corrected chi connectivity index (χ2v) is 4.31. The normalized spacial score (nSPS) is 12.1. The zero-order valence-electron chi connectivity index (χ0n) is 11.3. The summed E-state index contributed by atoms with van der Waals surface area (Å²) in [7, 11) is 1.61. The first-order chi connectivity index (χ1) is 9.26. The lowest BCUT2D eigenvalue weighted by atomic mass is 10.1. The lowest BCUT2D eigenvalue weighted by molar-refractivity contribution is -0.121. The van der Waals surface area contributed by atoms with E-state index >= 15 is 0 Å². The summed E-state index contributed by atoms with van der Waals surface area (Å²) >= 11 is 0. The molecule has 106 valence electrons. The summed E-state index contributed by atoms with van der Waals surface area (Å²) in [4.78, 5) is 11.6. The Morgan fingerprint density at radius 1 is 1.37 bits per heavy atom. The first-order valence-corrected chi connectivity index (χ1v) is 6.40. The molecule has 0 saturated heterocycles. The Bertz CT molecular complexity index is 357. The highest BCUT2D eigenvalue weighted by molar-refractivity contribution is 5.78. The zero-order chi connectivity index (χ0) is 13.9. The SMILES string of the molecule is COCCNCC(=O)N[C@H](CO)Cc1ccccc1. The van der Waals surface area contributed by atoms with E-state index in [4.69, 9.17) is 4.74 Å². The number of methoxy groups -OCH3 is 1. The quantitative estimate of drug-likeness (QED) is 0.548. The average Bonchev–Trinajstić information content (AvgIpc) is 2.44. The van der Waals surface area contributed by atoms with Gasteiger partial charge in [-0.2, -0.15) is 0 Å². The van der Waals surface area contributed by atoms with Crippen LogP contribution in [0.25, 0.3) is 0 Å². The molecule has 0 spiro atoms. The molecule has 0 bridgehead atoms. The summed E-state index contributed by atoms with van der Waals surface area (Å²) in [6.07, 6.45) is 0.626. The van der Waals surface area contributed by atoms with Crippen molar-refractivity contribution in [2.75, 3.05) is 33.4 Å². The number of ether oxygens (including phenoxy) is 1. The van der Waals surface area contributed by atoms with Gasteiger partial charge in [0.2, 0.25) is 5.91 Å². The van der Waals surface area contributed by atoms with Crippen molar-refractivity contribution >= 4 is 5.91 Å². The molecule has 1 aromatic rings. The second kappa shape index (κ2) is 9.49. The Kier molecular flexibility index (Phi) is 7.81. The van der Waals surface area contributed by atoms with Crippen LogP contribution in [0.2, 0.25) is 0 Å². The number of hydrogen-bond donors (Lipinski definition) is 3. The molecule has 0 aliphatic heterocycles. The van der Waals surface area contributed by atoms with Crippen molar-refractivity contribution < 1.29 is 14.6 Å². The number of rotatable bonds is 9. The van der Waals surface area contributed by atoms with Gasteiger partial charge in [-0.3, -0.25) is 4.79 Å². The van der Waals surface area contributed by atoms with Gasteiger partial charge in [-0.15, -0.1) is 0 Å². The smallest absolute Gasteiger partial charge is 0.234 e. The second-order valence-electron chi connectivity index (χ2n) is 4.31. The van der Waals surface area contributed by atoms with Gasteiger partial charge in [0.15, 0.2) is 0 Å². The summed E-state index contributed by atoms with van der Waals surface area (Å²) in [5.41, 5.74) is 1.09. The van der Waals surface area contributed by atoms with Crippen molar-refractivity contribution in [2.45, 2.75) is 12.5 Å². The number of amides is 1. The van der Waals surface area contributed by atoms with Crippen LogP contribution in [0.3, 0.4) is 0 Å². The minimum atomic E-state index is -0.251. The molecule has 0 aliphatic rings. The molecule has 1 aromatic carbocycles. The molecule has 0 heterocycles. The highest BCUT2D eigenvalue weighted by atomic mass is 16.5. The third-order valence-electron chi connectivity index (χ3n) is 2.68. The molecule has 0 fully saturated rings. The van der Waals surface area contributed by atoms with Crippen LogP contribution in [-0.4, -0.2) is 50.5 Å². The first kappa shape index (κ1) is 15.6. The average molecular weight is 266 g/mol. The standard InChI is InChI=1S/C14H22N2O3/c1-19-8-7-15-10-14(18)16-13(11-17)9-12-5-3-2-4-6-12/h2-6,13,15,17H,7-11H2,1H3,(H,16,18)/t13-/m0/s1. The number of benzene rings is 1. The predicted octanol–water partition coefficient (Wildman–Crippen LogP) is -0.0578. The van der Waals surface area contributed by atoms with E-state index in [1.807, 2.05) is 30.3 Å². The maximum atomic E-state index is 11.6. The van der Waals surface area contributed by atoms with Gasteiger partial charge in [-0.1, -0.05) is 30.3 Å². The van der Waals surface area contributed by atoms with E-state index < -0.39 is 0 Å². The van der Waals surface area contributed by atoms with Crippen molar-refractivity contribution in [2.24, 2.45) is 0 Å². The Labute approximate surface area is 114 Å². The van der Waals surface area contributed by atoms with E-state index in [1.165, 1.54) is 0 Å². The minimum absolute atomic E-state index is 0.0707. The molecular formula is C14H22N2O3. The van der Waals surface area contributed by atoms with Crippen molar-refractivity contribution in [3.05, 3.63) is 35.9 Å². The fourth-order valence-corrected chi connectivity index (χ4v) is 1.71. The van der Waals surface area contributed by atoms with E-state index in [2.05, 4.69) is 10.6 Å². The van der Waals surface area contributed by atoms with E-state index in [1.54, 1.807) is 7.11 Å². The molecule has 5 nitrogen and oxygen atoms in total. The van der Waals surface area contributed by atoms with E-state index in [0.717, 1.165) is 5.56 Å². The fraction of sp³-hybridized carbons (Fsp3) is 0.500. The van der Waals surface area contributed by atoms with Gasteiger partial charge in [0.25, 0.3) is 0 Å². The van der Waals surface area contributed by atoms with Crippen molar-refractivity contribution in [1.82, 2.24) is 10.6 Å². The molecule has 1 rings (SSSR count). The predicted molar refractivity (Wildman–Crippen MR) is 73.9 cm³/mol. The number of carbonyl (C=O) groups is 1. The van der Waals surface area contributed by atoms with Crippen LogP contribution in [0, 0.1) is 0 Å². The van der Waals surface area contributed by atoms with Crippen molar-refractivity contribution in [1.29, 1.82) is 0 Å². The van der Waals surface area contributed by atoms with Gasteiger partial charge in [0.05, 0.1) is 25.8 Å². The number of aliphatic hydroxyl groups excluding tert-OH is 1. The molecule has 5 heteroatoms. The molecule has 0 aliphatic carbocycles. The Morgan fingerprint density at radius 3 is 2.74 bits per heavy atom. The first-order valence-electron chi connectivity index (χ1n) is 6.40. The Hall–Kier alpha value is -1.43. The van der Waals surface area contributed by atoms with Gasteiger partial charge in [0, 0.05) is 13.7 Å². The zero-order valence-corrected chi connectivity index (χ0v) is 11.3. The molecule has 19 heavy (non-hydrogen) atoms. The van der Waals surface area contributed by atoms with E-state index in [9.17, 15) is 9.90 Å². The van der Waals surface area contributed by atoms with Crippen LogP contribution in [0.5, 0.6) is 0 Å². The van der Waals surface area contributed by atoms with E-state index in [0.29, 0.717) is 19.6 Å².